The summed E-state index contributed by atoms with van der Waals surface area (Å²) >= 11 is 0. The lowest BCUT2D eigenvalue weighted by Gasteiger charge is -2.27. The minimum Gasteiger partial charge on any atom is -0.311 e. The van der Waals surface area contributed by atoms with Crippen molar-refractivity contribution in [1.82, 2.24) is 9.97 Å². The second kappa shape index (κ2) is 19.8. The molecule has 0 N–H and O–H groups in total. The van der Waals surface area contributed by atoms with Crippen LogP contribution in [0.15, 0.2) is 291 Å². The molecule has 11 aromatic carbocycles. The van der Waals surface area contributed by atoms with Crippen LogP contribution >= 0.6 is 0 Å². The molecule has 12 rings (SSSR count). The van der Waals surface area contributed by atoms with Gasteiger partial charge in [-0.25, -0.2) is 9.97 Å². The molecule has 4 nitrogen and oxygen atoms in total. The second-order valence-electron chi connectivity index (χ2n) is 17.8. The van der Waals surface area contributed by atoms with Crippen LogP contribution in [0.3, 0.4) is 0 Å². The lowest BCUT2D eigenvalue weighted by molar-refractivity contribution is 1.18. The van der Waals surface area contributed by atoms with E-state index < -0.39 is 0 Å². The maximum atomic E-state index is 5.12. The summed E-state index contributed by atoms with van der Waals surface area (Å²) in [6.07, 6.45) is 0. The van der Waals surface area contributed by atoms with Gasteiger partial charge in [0.05, 0.1) is 17.1 Å². The van der Waals surface area contributed by atoms with Gasteiger partial charge in [0.25, 0.3) is 0 Å². The predicted molar refractivity (Wildman–Crippen MR) is 302 cm³/mol. The molecule has 12 aromatic rings. The first kappa shape index (κ1) is 43.6. The Kier molecular flexibility index (Phi) is 12.0. The summed E-state index contributed by atoms with van der Waals surface area (Å²) in [5.41, 5.74) is 18.3. The molecule has 1 aromatic heterocycles. The summed E-state index contributed by atoms with van der Waals surface area (Å²) in [7, 11) is 0. The third-order valence-corrected chi connectivity index (χ3v) is 13.3. The van der Waals surface area contributed by atoms with Gasteiger partial charge in [-0.1, -0.05) is 218 Å². The van der Waals surface area contributed by atoms with Gasteiger partial charge in [-0.3, -0.25) is 0 Å². The average Bonchev–Trinajstić information content (AvgIpc) is 3.47. The zero-order valence-electron chi connectivity index (χ0n) is 39.5. The van der Waals surface area contributed by atoms with E-state index in [1.165, 1.54) is 33.0 Å². The van der Waals surface area contributed by atoms with Crippen LogP contribution in [0.5, 0.6) is 0 Å². The predicted octanol–water partition coefficient (Wildman–Crippen LogP) is 18.6. The molecule has 0 atom stereocenters. The summed E-state index contributed by atoms with van der Waals surface area (Å²) < 4.78 is 0. The summed E-state index contributed by atoms with van der Waals surface area (Å²) in [6.45, 7) is 0. The normalized spacial score (nSPS) is 11.1. The monoisotopic (exact) mass is 920 g/mol. The largest absolute Gasteiger partial charge is 0.311 e. The van der Waals surface area contributed by atoms with E-state index in [1.807, 2.05) is 36.4 Å². The zero-order valence-corrected chi connectivity index (χ0v) is 39.5. The Bertz CT molecular complexity index is 3590. The molecule has 0 radical (unpaired) electrons. The Labute approximate surface area is 421 Å². The SMILES string of the molecule is c1ccc(-c2ccc(N(c3ccc(-c4ccccc4)cc3)c3ccc(-c4ccc(N(c5ccc(-c6cc(-c7ccccc7)nc(-c7ccccc7)n6)cc5)c5cccc6ccccc56)cc4)cc3)cc2)cc1. The molecule has 0 amide bonds. The third-order valence-electron chi connectivity index (χ3n) is 13.3. The third kappa shape index (κ3) is 9.04. The van der Waals surface area contributed by atoms with Crippen LogP contribution in [-0.2, 0) is 0 Å². The van der Waals surface area contributed by atoms with Crippen molar-refractivity contribution in [3.05, 3.63) is 291 Å². The summed E-state index contributed by atoms with van der Waals surface area (Å²) in [4.78, 5) is 14.8. The van der Waals surface area contributed by atoms with Crippen molar-refractivity contribution in [2.45, 2.75) is 0 Å². The molecule has 0 fully saturated rings. The molecule has 4 heteroatoms. The van der Waals surface area contributed by atoms with Gasteiger partial charge in [0.2, 0.25) is 0 Å². The van der Waals surface area contributed by atoms with Gasteiger partial charge >= 0.3 is 0 Å². The Hall–Kier alpha value is -9.64. The van der Waals surface area contributed by atoms with E-state index in [0.717, 1.165) is 73.3 Å². The lowest BCUT2D eigenvalue weighted by Crippen LogP contribution is -2.10. The Morgan fingerprint density at radius 2 is 0.528 bits per heavy atom. The first-order chi connectivity index (χ1) is 35.7. The Morgan fingerprint density at radius 3 is 0.958 bits per heavy atom. The van der Waals surface area contributed by atoms with Gasteiger partial charge in [0.1, 0.15) is 0 Å². The van der Waals surface area contributed by atoms with Gasteiger partial charge in [-0.05, 0) is 112 Å². The zero-order chi connectivity index (χ0) is 48.1. The first-order valence-electron chi connectivity index (χ1n) is 24.4. The second-order valence-corrected chi connectivity index (χ2v) is 17.8. The Balaban J connectivity index is 0.876. The van der Waals surface area contributed by atoms with Crippen molar-refractivity contribution in [2.75, 3.05) is 9.80 Å². The molecule has 72 heavy (non-hydrogen) atoms. The number of hydrogen-bond acceptors (Lipinski definition) is 4. The first-order valence-corrected chi connectivity index (χ1v) is 24.4. The number of hydrogen-bond donors (Lipinski definition) is 0. The van der Waals surface area contributed by atoms with Crippen molar-refractivity contribution in [3.8, 4) is 67.3 Å². The van der Waals surface area contributed by atoms with E-state index in [4.69, 9.17) is 9.97 Å². The van der Waals surface area contributed by atoms with Crippen molar-refractivity contribution in [1.29, 1.82) is 0 Å². The van der Waals surface area contributed by atoms with E-state index >= 15 is 0 Å². The van der Waals surface area contributed by atoms with Crippen LogP contribution in [0.1, 0.15) is 0 Å². The highest BCUT2D eigenvalue weighted by atomic mass is 15.1. The molecule has 0 saturated heterocycles. The highest BCUT2D eigenvalue weighted by Crippen LogP contribution is 2.42. The van der Waals surface area contributed by atoms with Gasteiger partial charge in [-0.15, -0.1) is 0 Å². The fourth-order valence-corrected chi connectivity index (χ4v) is 9.60. The van der Waals surface area contributed by atoms with Crippen molar-refractivity contribution in [3.63, 3.8) is 0 Å². The topological polar surface area (TPSA) is 32.3 Å². The van der Waals surface area contributed by atoms with E-state index in [1.54, 1.807) is 0 Å². The fraction of sp³-hybridized carbons (Fsp3) is 0. The molecule has 0 saturated carbocycles. The van der Waals surface area contributed by atoms with Crippen LogP contribution in [-0.4, -0.2) is 9.97 Å². The molecule has 0 aliphatic rings. The molecule has 0 unspecified atom stereocenters. The van der Waals surface area contributed by atoms with Gasteiger partial charge in [-0.2, -0.15) is 0 Å². The van der Waals surface area contributed by atoms with Gasteiger partial charge in [0, 0.05) is 50.5 Å². The molecule has 0 bridgehead atoms. The van der Waals surface area contributed by atoms with E-state index in [0.29, 0.717) is 5.82 Å². The van der Waals surface area contributed by atoms with Gasteiger partial charge in [0.15, 0.2) is 5.82 Å². The fourth-order valence-electron chi connectivity index (χ4n) is 9.60. The molecule has 0 aliphatic carbocycles. The number of benzene rings is 11. The van der Waals surface area contributed by atoms with Crippen LogP contribution < -0.4 is 9.80 Å². The number of nitrogens with zero attached hydrogens (tertiary/aromatic N) is 4. The molecular weight excluding hydrogens is 873 g/mol. The molecule has 340 valence electrons. The maximum Gasteiger partial charge on any atom is 0.160 e. The number of fused-ring (bicyclic) bond motifs is 1. The van der Waals surface area contributed by atoms with Crippen molar-refractivity contribution in [2.24, 2.45) is 0 Å². The highest BCUT2D eigenvalue weighted by Gasteiger charge is 2.18. The lowest BCUT2D eigenvalue weighted by atomic mass is 10.0. The van der Waals surface area contributed by atoms with Crippen LogP contribution in [0.4, 0.5) is 34.1 Å². The van der Waals surface area contributed by atoms with Crippen LogP contribution in [0.2, 0.25) is 0 Å². The summed E-state index contributed by atoms with van der Waals surface area (Å²) in [6, 6.07) is 103. The van der Waals surface area contributed by atoms with E-state index in [2.05, 4.69) is 265 Å². The van der Waals surface area contributed by atoms with Crippen LogP contribution in [0.25, 0.3) is 78.1 Å². The maximum absolute atomic E-state index is 5.12. The molecule has 1 heterocycles. The quantitative estimate of drug-likeness (QED) is 0.122. The van der Waals surface area contributed by atoms with Crippen molar-refractivity contribution < 1.29 is 0 Å². The smallest absolute Gasteiger partial charge is 0.160 e. The standard InChI is InChI=1S/C68H48N4/c1-5-16-49(17-6-1)51-28-38-59(39-29-51)71(60-40-30-52(31-41-60)50-18-7-2-8-19-50)61-42-32-53(33-43-61)54-34-44-62(45-35-54)72(67-27-15-25-55-20-13-14-26-64(55)67)63-46-36-57(37-47-63)66-48-65(56-21-9-3-10-22-56)69-68(70-66)58-23-11-4-12-24-58/h1-48H. The van der Waals surface area contributed by atoms with Crippen LogP contribution in [0, 0.1) is 0 Å². The Morgan fingerprint density at radius 1 is 0.222 bits per heavy atom. The van der Waals surface area contributed by atoms with E-state index in [9.17, 15) is 0 Å². The summed E-state index contributed by atoms with van der Waals surface area (Å²) in [5, 5.41) is 2.36. The molecule has 0 aliphatic heterocycles. The summed E-state index contributed by atoms with van der Waals surface area (Å²) in [5.74, 6) is 0.697. The average molecular weight is 921 g/mol. The number of anilines is 6. The molecule has 0 spiro atoms. The number of rotatable bonds is 12. The van der Waals surface area contributed by atoms with Crippen molar-refractivity contribution >= 4 is 44.9 Å². The highest BCUT2D eigenvalue weighted by molar-refractivity contribution is 5.99. The molecular formula is C68H48N4. The number of aromatic nitrogens is 2. The minimum atomic E-state index is 0.697. The minimum absolute atomic E-state index is 0.697. The van der Waals surface area contributed by atoms with Gasteiger partial charge < -0.3 is 9.80 Å². The van der Waals surface area contributed by atoms with E-state index in [-0.39, 0.29) is 0 Å².